The Bertz CT molecular complexity index is 1490. The van der Waals surface area contributed by atoms with Crippen molar-refractivity contribution in [2.75, 3.05) is 11.9 Å². The molecule has 0 saturated carbocycles. The number of hydrogen-bond acceptors (Lipinski definition) is 5. The lowest BCUT2D eigenvalue weighted by Gasteiger charge is -2.27. The van der Waals surface area contributed by atoms with Crippen LogP contribution in [0.5, 0.6) is 0 Å². The Morgan fingerprint density at radius 3 is 2.41 bits per heavy atom. The van der Waals surface area contributed by atoms with Gasteiger partial charge in [-0.05, 0) is 87.3 Å². The predicted molar refractivity (Wildman–Crippen MR) is 162 cm³/mol. The van der Waals surface area contributed by atoms with E-state index in [0.29, 0.717) is 6.61 Å². The molecule has 0 bridgehead atoms. The third kappa shape index (κ3) is 6.83. The summed E-state index contributed by atoms with van der Waals surface area (Å²) in [6, 6.07) is 21.5. The van der Waals surface area contributed by atoms with Gasteiger partial charge in [-0.15, -0.1) is 0 Å². The largest absolute Gasteiger partial charge is 0.492 e. The summed E-state index contributed by atoms with van der Waals surface area (Å²) >= 11 is 0. The number of hydrogen-bond donors (Lipinski definition) is 1. The van der Waals surface area contributed by atoms with Crippen molar-refractivity contribution in [2.45, 2.75) is 72.8 Å². The fraction of sp³-hybridized carbons (Fsp3) is 0.382. The number of pyridine rings is 1. The Balaban J connectivity index is 1.63. The Kier molecular flexibility index (Phi) is 7.44. The number of allylic oxidation sites excluding steroid dienone is 1. The lowest BCUT2D eigenvalue weighted by molar-refractivity contribution is 0.262. The number of ether oxygens (including phenoxy) is 1. The quantitative estimate of drug-likeness (QED) is 0.278. The molecule has 0 saturated heterocycles. The van der Waals surface area contributed by atoms with Gasteiger partial charge < -0.3 is 10.1 Å². The zero-order valence-corrected chi connectivity index (χ0v) is 24.1. The Labute approximate surface area is 232 Å². The smallest absolute Gasteiger partial charge is 0.138 e. The maximum Gasteiger partial charge on any atom is 0.138 e. The predicted octanol–water partition coefficient (Wildman–Crippen LogP) is 8.09. The first kappa shape index (κ1) is 26.9. The summed E-state index contributed by atoms with van der Waals surface area (Å²) in [4.78, 5) is 14.4. The third-order valence-electron chi connectivity index (χ3n) is 6.70. The van der Waals surface area contributed by atoms with Crippen LogP contribution in [0.1, 0.15) is 82.5 Å². The van der Waals surface area contributed by atoms with Crippen LogP contribution >= 0.6 is 0 Å². The van der Waals surface area contributed by atoms with Crippen LogP contribution in [0.25, 0.3) is 22.2 Å². The van der Waals surface area contributed by atoms with Gasteiger partial charge in [0.1, 0.15) is 17.9 Å². The highest BCUT2D eigenvalue weighted by molar-refractivity contribution is 5.94. The van der Waals surface area contributed by atoms with E-state index >= 15 is 0 Å². The number of nitrogens with zero attached hydrogens (tertiary/aromatic N) is 3. The number of rotatable bonds is 6. The lowest BCUT2D eigenvalue weighted by Crippen LogP contribution is -2.27. The summed E-state index contributed by atoms with van der Waals surface area (Å²) in [5.74, 6) is 1.71. The van der Waals surface area contributed by atoms with Crippen molar-refractivity contribution < 1.29 is 4.74 Å². The maximum atomic E-state index is 6.44. The Morgan fingerprint density at radius 2 is 1.67 bits per heavy atom. The molecule has 0 unspecified atom stereocenters. The molecule has 0 radical (unpaired) electrons. The van der Waals surface area contributed by atoms with Gasteiger partial charge in [-0.3, -0.25) is 0 Å². The topological polar surface area (TPSA) is 59.9 Å². The van der Waals surface area contributed by atoms with E-state index < -0.39 is 0 Å². The summed E-state index contributed by atoms with van der Waals surface area (Å²) in [7, 11) is 0. The molecular formula is C34H40N4O. The van der Waals surface area contributed by atoms with Crippen LogP contribution in [0.15, 0.2) is 67.0 Å². The minimum Gasteiger partial charge on any atom is -0.492 e. The number of benzene rings is 2. The molecule has 5 rings (SSSR count). The third-order valence-corrected chi connectivity index (χ3v) is 6.70. The Morgan fingerprint density at radius 1 is 0.872 bits per heavy atom. The van der Waals surface area contributed by atoms with Gasteiger partial charge in [0, 0.05) is 22.2 Å². The van der Waals surface area contributed by atoms with Gasteiger partial charge in [0.15, 0.2) is 0 Å². The van der Waals surface area contributed by atoms with Crippen LogP contribution in [0.3, 0.4) is 0 Å². The van der Waals surface area contributed by atoms with Gasteiger partial charge >= 0.3 is 0 Å². The summed E-state index contributed by atoms with van der Waals surface area (Å²) in [6.07, 6.45) is 5.34. The summed E-state index contributed by atoms with van der Waals surface area (Å²) < 4.78 is 6.44. The average molecular weight is 521 g/mol. The molecule has 2 aromatic carbocycles. The highest BCUT2D eigenvalue weighted by Gasteiger charge is 2.25. The minimum atomic E-state index is -0.160. The van der Waals surface area contributed by atoms with E-state index in [1.54, 1.807) is 6.33 Å². The number of nitrogens with one attached hydrogen (secondary N) is 1. The number of fused-ring (bicyclic) bond motifs is 1. The van der Waals surface area contributed by atoms with Crippen molar-refractivity contribution in [3.63, 3.8) is 0 Å². The van der Waals surface area contributed by atoms with Crippen molar-refractivity contribution in [1.82, 2.24) is 15.0 Å². The van der Waals surface area contributed by atoms with E-state index in [4.69, 9.17) is 14.7 Å². The molecule has 202 valence electrons. The van der Waals surface area contributed by atoms with E-state index in [1.807, 2.05) is 0 Å². The summed E-state index contributed by atoms with van der Waals surface area (Å²) in [5, 5.41) is 4.76. The second kappa shape index (κ2) is 10.8. The van der Waals surface area contributed by atoms with E-state index in [0.717, 1.165) is 70.7 Å². The van der Waals surface area contributed by atoms with E-state index in [-0.39, 0.29) is 11.0 Å². The van der Waals surface area contributed by atoms with Crippen LogP contribution in [-0.2, 0) is 17.6 Å². The molecule has 0 amide bonds. The van der Waals surface area contributed by atoms with Crippen LogP contribution in [0.4, 0.5) is 5.82 Å². The monoisotopic (exact) mass is 520 g/mol. The van der Waals surface area contributed by atoms with Gasteiger partial charge in [-0.2, -0.15) is 0 Å². The molecule has 3 heterocycles. The highest BCUT2D eigenvalue weighted by atomic mass is 16.5. The number of aromatic nitrogens is 3. The highest BCUT2D eigenvalue weighted by Crippen LogP contribution is 2.38. The summed E-state index contributed by atoms with van der Waals surface area (Å²) in [6.45, 7) is 13.9. The minimum absolute atomic E-state index is 0.148. The molecule has 1 N–H and O–H groups in total. The van der Waals surface area contributed by atoms with Gasteiger partial charge in [0.2, 0.25) is 0 Å². The van der Waals surface area contributed by atoms with E-state index in [2.05, 4.69) is 113 Å². The molecule has 0 atom stereocenters. The van der Waals surface area contributed by atoms with Crippen molar-refractivity contribution in [3.8, 4) is 0 Å². The van der Waals surface area contributed by atoms with Crippen LogP contribution in [-0.4, -0.2) is 27.1 Å². The zero-order valence-electron chi connectivity index (χ0n) is 24.1. The zero-order chi connectivity index (χ0) is 27.6. The van der Waals surface area contributed by atoms with Gasteiger partial charge in [-0.1, -0.05) is 57.2 Å². The molecule has 1 aliphatic rings. The van der Waals surface area contributed by atoms with Crippen LogP contribution < -0.4 is 5.32 Å². The standard InChI is InChI=1S/C34H40N4O/c1-33(2,3)21-26-20-30(36-22-35-26)27-13-10-16-39-31(27)28-19-25-18-24(17-23-11-8-7-9-12-23)14-15-29(25)37-32(28)38-34(4,5)6/h7-9,11-12,14-15,18-20,22H,10,13,16-17,21H2,1-6H3,(H,37,38). The molecule has 1 aliphatic heterocycles. The fourth-order valence-electron chi connectivity index (χ4n) is 5.10. The van der Waals surface area contributed by atoms with Crippen molar-refractivity contribution >= 4 is 28.1 Å². The summed E-state index contributed by atoms with van der Waals surface area (Å²) in [5.41, 5.74) is 7.62. The fourth-order valence-corrected chi connectivity index (χ4v) is 5.10. The van der Waals surface area contributed by atoms with E-state index in [1.165, 1.54) is 11.1 Å². The van der Waals surface area contributed by atoms with Crippen LogP contribution in [0, 0.1) is 5.41 Å². The Hall–Kier alpha value is -3.73. The first-order chi connectivity index (χ1) is 18.5. The lowest BCUT2D eigenvalue weighted by atomic mass is 9.89. The molecule has 0 spiro atoms. The average Bonchev–Trinajstić information content (AvgIpc) is 2.87. The molecule has 0 fully saturated rings. The van der Waals surface area contributed by atoms with Crippen LogP contribution in [0.2, 0.25) is 0 Å². The van der Waals surface area contributed by atoms with Crippen molar-refractivity contribution in [3.05, 3.63) is 95.1 Å². The molecular weight excluding hydrogens is 480 g/mol. The van der Waals surface area contributed by atoms with Crippen molar-refractivity contribution in [1.29, 1.82) is 0 Å². The molecule has 5 heteroatoms. The molecule has 2 aromatic heterocycles. The van der Waals surface area contributed by atoms with Gasteiger partial charge in [0.25, 0.3) is 0 Å². The van der Waals surface area contributed by atoms with Gasteiger partial charge in [-0.25, -0.2) is 15.0 Å². The second-order valence-electron chi connectivity index (χ2n) is 12.8. The molecule has 5 nitrogen and oxygen atoms in total. The normalized spacial score (nSPS) is 14.4. The van der Waals surface area contributed by atoms with Gasteiger partial charge in [0.05, 0.1) is 23.4 Å². The molecule has 39 heavy (non-hydrogen) atoms. The first-order valence-corrected chi connectivity index (χ1v) is 14.0. The molecule has 4 aromatic rings. The molecule has 0 aliphatic carbocycles. The maximum absolute atomic E-state index is 6.44. The second-order valence-corrected chi connectivity index (χ2v) is 12.8. The SMILES string of the molecule is CC(C)(C)Cc1cc(C2=C(c3cc4cc(Cc5ccccc5)ccc4nc3NC(C)(C)C)OCCC2)ncn1. The first-order valence-electron chi connectivity index (χ1n) is 14.0. The van der Waals surface area contributed by atoms with Crippen molar-refractivity contribution in [2.24, 2.45) is 5.41 Å². The number of anilines is 1. The van der Waals surface area contributed by atoms with E-state index in [9.17, 15) is 0 Å².